The summed E-state index contributed by atoms with van der Waals surface area (Å²) in [6, 6.07) is 3.50. The highest BCUT2D eigenvalue weighted by Crippen LogP contribution is 2.25. The highest BCUT2D eigenvalue weighted by atomic mass is 35.5. The van der Waals surface area contributed by atoms with E-state index in [0.717, 1.165) is 6.07 Å². The fraction of sp³-hybridized carbons (Fsp3) is 0.385. The predicted molar refractivity (Wildman–Crippen MR) is 70.8 cm³/mol. The van der Waals surface area contributed by atoms with Gasteiger partial charge in [-0.25, -0.2) is 4.39 Å². The Labute approximate surface area is 128 Å². The summed E-state index contributed by atoms with van der Waals surface area (Å²) in [5.41, 5.74) is 0.207. The lowest BCUT2D eigenvalue weighted by Gasteiger charge is -2.18. The van der Waals surface area contributed by atoms with Gasteiger partial charge in [-0.1, -0.05) is 11.6 Å². The third-order valence-corrected chi connectivity index (χ3v) is 3.43. The Hall–Kier alpha value is -1.83. The first-order valence-corrected chi connectivity index (χ1v) is 6.64. The lowest BCUT2D eigenvalue weighted by atomic mass is 10.1. The molecule has 1 aliphatic rings. The molecule has 1 heterocycles. The van der Waals surface area contributed by atoms with Gasteiger partial charge < -0.3 is 10.2 Å². The van der Waals surface area contributed by atoms with E-state index in [0.29, 0.717) is 4.90 Å². The molecule has 1 aromatic carbocycles. The molecule has 1 fully saturated rings. The van der Waals surface area contributed by atoms with Gasteiger partial charge in [-0.15, -0.1) is 0 Å². The molecule has 0 aliphatic carbocycles. The maximum atomic E-state index is 13.0. The van der Waals surface area contributed by atoms with Crippen molar-refractivity contribution in [2.75, 3.05) is 18.4 Å². The van der Waals surface area contributed by atoms with E-state index >= 15 is 0 Å². The molecule has 1 atom stereocenters. The largest absolute Gasteiger partial charge is 0.406 e. The number of benzene rings is 1. The summed E-state index contributed by atoms with van der Waals surface area (Å²) in [5.74, 6) is -2.89. The standard InChI is InChI=1S/C13H11ClF4N2O2/c14-9-4-8(1-2-10(9)15)19-12(22)7-3-11(21)20(5-7)6-13(16,17)18/h1-2,4,7H,3,5-6H2,(H,19,22)/t7-/m0/s1. The van der Waals surface area contributed by atoms with Gasteiger partial charge in [-0.05, 0) is 18.2 Å². The predicted octanol–water partition coefficient (Wildman–Crippen LogP) is 2.83. The summed E-state index contributed by atoms with van der Waals surface area (Å²) < 4.78 is 49.9. The first-order valence-electron chi connectivity index (χ1n) is 6.26. The van der Waals surface area contributed by atoms with Crippen LogP contribution in [0, 0.1) is 11.7 Å². The normalized spacial score (nSPS) is 18.7. The van der Waals surface area contributed by atoms with Gasteiger partial charge in [0.05, 0.1) is 10.9 Å². The smallest absolute Gasteiger partial charge is 0.333 e. The van der Waals surface area contributed by atoms with Gasteiger partial charge in [-0.3, -0.25) is 9.59 Å². The number of hydrogen-bond acceptors (Lipinski definition) is 2. The molecule has 1 aliphatic heterocycles. The van der Waals surface area contributed by atoms with Crippen molar-refractivity contribution < 1.29 is 27.2 Å². The Morgan fingerprint density at radius 2 is 2.09 bits per heavy atom. The topological polar surface area (TPSA) is 49.4 Å². The molecular weight excluding hydrogens is 328 g/mol. The minimum Gasteiger partial charge on any atom is -0.333 e. The molecule has 0 spiro atoms. The number of halogens is 5. The highest BCUT2D eigenvalue weighted by molar-refractivity contribution is 6.31. The quantitative estimate of drug-likeness (QED) is 0.862. The summed E-state index contributed by atoms with van der Waals surface area (Å²) in [5, 5.41) is 2.21. The molecule has 1 N–H and O–H groups in total. The van der Waals surface area contributed by atoms with Gasteiger partial charge in [0.25, 0.3) is 0 Å². The summed E-state index contributed by atoms with van der Waals surface area (Å²) in [6.45, 7) is -1.68. The van der Waals surface area contributed by atoms with Crippen molar-refractivity contribution in [3.05, 3.63) is 29.0 Å². The Morgan fingerprint density at radius 3 is 2.68 bits per heavy atom. The van der Waals surface area contributed by atoms with Crippen molar-refractivity contribution >= 4 is 29.1 Å². The molecule has 2 rings (SSSR count). The van der Waals surface area contributed by atoms with Gasteiger partial charge in [-0.2, -0.15) is 13.2 Å². The molecule has 0 radical (unpaired) electrons. The molecule has 2 amide bonds. The van der Waals surface area contributed by atoms with Crippen LogP contribution in [0.3, 0.4) is 0 Å². The second-order valence-electron chi connectivity index (χ2n) is 4.91. The second-order valence-corrected chi connectivity index (χ2v) is 5.32. The monoisotopic (exact) mass is 338 g/mol. The van der Waals surface area contributed by atoms with E-state index in [-0.39, 0.29) is 23.7 Å². The zero-order chi connectivity index (χ0) is 16.5. The van der Waals surface area contributed by atoms with Crippen molar-refractivity contribution in [1.29, 1.82) is 0 Å². The summed E-state index contributed by atoms with van der Waals surface area (Å²) in [6.07, 6.45) is -4.80. The third kappa shape index (κ3) is 4.09. The number of nitrogens with one attached hydrogen (secondary N) is 1. The average molecular weight is 339 g/mol. The highest BCUT2D eigenvalue weighted by Gasteiger charge is 2.40. The van der Waals surface area contributed by atoms with Crippen LogP contribution in [0.4, 0.5) is 23.2 Å². The van der Waals surface area contributed by atoms with Crippen LogP contribution in [-0.2, 0) is 9.59 Å². The van der Waals surface area contributed by atoms with E-state index in [2.05, 4.69) is 5.32 Å². The Bertz CT molecular complexity index is 606. The molecule has 1 saturated heterocycles. The third-order valence-electron chi connectivity index (χ3n) is 3.14. The number of nitrogens with zero attached hydrogens (tertiary/aromatic N) is 1. The maximum absolute atomic E-state index is 13.0. The first-order chi connectivity index (χ1) is 10.2. The maximum Gasteiger partial charge on any atom is 0.406 e. The number of alkyl halides is 3. The van der Waals surface area contributed by atoms with E-state index in [4.69, 9.17) is 11.6 Å². The van der Waals surface area contributed by atoms with Gasteiger partial charge in [0.2, 0.25) is 11.8 Å². The number of rotatable bonds is 3. The zero-order valence-electron chi connectivity index (χ0n) is 11.1. The van der Waals surface area contributed by atoms with Crippen molar-refractivity contribution in [3.8, 4) is 0 Å². The Kier molecular flexibility index (Phi) is 4.60. The van der Waals surface area contributed by atoms with E-state index in [1.54, 1.807) is 0 Å². The first kappa shape index (κ1) is 16.5. The molecule has 4 nitrogen and oxygen atoms in total. The van der Waals surface area contributed by atoms with Crippen LogP contribution in [0.1, 0.15) is 6.42 Å². The SMILES string of the molecule is O=C(Nc1ccc(F)c(Cl)c1)[C@H]1CC(=O)N(CC(F)(F)F)C1. The number of carbonyl (C=O) groups is 2. The summed E-state index contributed by atoms with van der Waals surface area (Å²) in [7, 11) is 0. The van der Waals surface area contributed by atoms with Crippen LogP contribution in [0.15, 0.2) is 18.2 Å². The van der Waals surface area contributed by atoms with E-state index in [1.165, 1.54) is 12.1 Å². The van der Waals surface area contributed by atoms with E-state index < -0.39 is 36.3 Å². The van der Waals surface area contributed by atoms with Crippen LogP contribution >= 0.6 is 11.6 Å². The lowest BCUT2D eigenvalue weighted by Crippen LogP contribution is -2.36. The number of hydrogen-bond donors (Lipinski definition) is 1. The fourth-order valence-corrected chi connectivity index (χ4v) is 2.32. The molecule has 0 unspecified atom stereocenters. The van der Waals surface area contributed by atoms with Crippen molar-refractivity contribution in [1.82, 2.24) is 4.90 Å². The van der Waals surface area contributed by atoms with Gasteiger partial charge in [0, 0.05) is 18.7 Å². The van der Waals surface area contributed by atoms with Crippen LogP contribution in [0.25, 0.3) is 0 Å². The Morgan fingerprint density at radius 1 is 1.41 bits per heavy atom. The lowest BCUT2D eigenvalue weighted by molar-refractivity contribution is -0.157. The van der Waals surface area contributed by atoms with Crippen LogP contribution < -0.4 is 5.32 Å². The molecule has 0 bridgehead atoms. The minimum atomic E-state index is -4.51. The minimum absolute atomic E-state index is 0.195. The van der Waals surface area contributed by atoms with Crippen LogP contribution in [-0.4, -0.2) is 36.0 Å². The van der Waals surface area contributed by atoms with Crippen molar-refractivity contribution in [2.45, 2.75) is 12.6 Å². The summed E-state index contributed by atoms with van der Waals surface area (Å²) in [4.78, 5) is 24.1. The van der Waals surface area contributed by atoms with Gasteiger partial charge in [0.1, 0.15) is 12.4 Å². The molecule has 1 aromatic rings. The molecule has 22 heavy (non-hydrogen) atoms. The van der Waals surface area contributed by atoms with E-state index in [1.807, 2.05) is 0 Å². The van der Waals surface area contributed by atoms with Gasteiger partial charge >= 0.3 is 6.18 Å². The number of likely N-dealkylation sites (tertiary alicyclic amines) is 1. The summed E-state index contributed by atoms with van der Waals surface area (Å²) >= 11 is 5.56. The number of anilines is 1. The second kappa shape index (κ2) is 6.12. The molecule has 9 heteroatoms. The van der Waals surface area contributed by atoms with Crippen molar-refractivity contribution in [2.24, 2.45) is 5.92 Å². The molecule has 120 valence electrons. The zero-order valence-corrected chi connectivity index (χ0v) is 11.8. The van der Waals surface area contributed by atoms with E-state index in [9.17, 15) is 27.2 Å². The molecule has 0 saturated carbocycles. The van der Waals surface area contributed by atoms with Crippen LogP contribution in [0.5, 0.6) is 0 Å². The Balaban J connectivity index is 1.99. The number of amides is 2. The van der Waals surface area contributed by atoms with Gasteiger partial charge in [0.15, 0.2) is 0 Å². The number of carbonyl (C=O) groups excluding carboxylic acids is 2. The fourth-order valence-electron chi connectivity index (χ4n) is 2.14. The molecular formula is C13H11ClF4N2O2. The van der Waals surface area contributed by atoms with Crippen molar-refractivity contribution in [3.63, 3.8) is 0 Å². The van der Waals surface area contributed by atoms with Crippen LogP contribution in [0.2, 0.25) is 5.02 Å². The molecule has 0 aromatic heterocycles. The average Bonchev–Trinajstić information content (AvgIpc) is 2.73.